The Balaban J connectivity index is 1.40. The van der Waals surface area contributed by atoms with Crippen molar-refractivity contribution in [1.82, 2.24) is 19.7 Å². The number of rotatable bonds is 5. The zero-order chi connectivity index (χ0) is 15.8. The van der Waals surface area contributed by atoms with Crippen molar-refractivity contribution in [3.63, 3.8) is 0 Å². The summed E-state index contributed by atoms with van der Waals surface area (Å²) in [6, 6.07) is 1.82. The van der Waals surface area contributed by atoms with Crippen molar-refractivity contribution in [2.24, 2.45) is 0 Å². The predicted molar refractivity (Wildman–Crippen MR) is 86.8 cm³/mol. The number of likely N-dealkylation sites (tertiary alicyclic amines) is 1. The number of carboxylic acids is 1. The van der Waals surface area contributed by atoms with E-state index >= 15 is 0 Å². The lowest BCUT2D eigenvalue weighted by atomic mass is 10.1. The van der Waals surface area contributed by atoms with Gasteiger partial charge in [0, 0.05) is 30.6 Å². The monoisotopic (exact) mass is 332 g/mol. The molecule has 3 heterocycles. The highest BCUT2D eigenvalue weighted by atomic mass is 32.1. The molecule has 2 aliphatic rings. The molecule has 0 bridgehead atoms. The van der Waals surface area contributed by atoms with Gasteiger partial charge in [-0.05, 0) is 38.3 Å². The Bertz CT molecular complexity index is 707. The van der Waals surface area contributed by atoms with E-state index in [1.54, 1.807) is 23.6 Å². The van der Waals surface area contributed by atoms with Gasteiger partial charge in [0.2, 0.25) is 0 Å². The first-order valence-corrected chi connectivity index (χ1v) is 9.02. The first-order chi connectivity index (χ1) is 11.2. The van der Waals surface area contributed by atoms with Crippen LogP contribution in [0.15, 0.2) is 17.6 Å². The van der Waals surface area contributed by atoms with Gasteiger partial charge in [0.05, 0.1) is 16.7 Å². The Morgan fingerprint density at radius 3 is 3.00 bits per heavy atom. The molecular formula is C16H20N4O2S. The van der Waals surface area contributed by atoms with Crippen LogP contribution in [-0.4, -0.2) is 43.8 Å². The van der Waals surface area contributed by atoms with Crippen molar-refractivity contribution in [2.75, 3.05) is 13.1 Å². The van der Waals surface area contributed by atoms with E-state index in [4.69, 9.17) is 10.1 Å². The van der Waals surface area contributed by atoms with Crippen molar-refractivity contribution in [1.29, 1.82) is 0 Å². The highest BCUT2D eigenvalue weighted by molar-refractivity contribution is 7.09. The number of carboxylic acid groups (broad SMARTS) is 1. The molecule has 1 unspecified atom stereocenters. The van der Waals surface area contributed by atoms with E-state index in [2.05, 4.69) is 15.4 Å². The Morgan fingerprint density at radius 1 is 1.39 bits per heavy atom. The van der Waals surface area contributed by atoms with Crippen LogP contribution in [-0.2, 0) is 6.54 Å². The van der Waals surface area contributed by atoms with Gasteiger partial charge in [0.15, 0.2) is 5.69 Å². The van der Waals surface area contributed by atoms with E-state index in [-0.39, 0.29) is 11.7 Å². The number of hydrogen-bond acceptors (Lipinski definition) is 5. The number of aromatic nitrogens is 3. The molecule has 2 aromatic heterocycles. The normalized spacial score (nSPS) is 22.3. The molecule has 0 spiro atoms. The maximum Gasteiger partial charge on any atom is 0.356 e. The fraction of sp³-hybridized carbons (Fsp3) is 0.562. The minimum atomic E-state index is -0.966. The van der Waals surface area contributed by atoms with Crippen LogP contribution in [0, 0.1) is 0 Å². The van der Waals surface area contributed by atoms with E-state index < -0.39 is 5.97 Å². The molecule has 1 atom stereocenters. The Hall–Kier alpha value is -1.73. The van der Waals surface area contributed by atoms with Crippen LogP contribution >= 0.6 is 11.3 Å². The largest absolute Gasteiger partial charge is 0.476 e. The van der Waals surface area contributed by atoms with E-state index in [0.717, 1.165) is 38.4 Å². The molecule has 23 heavy (non-hydrogen) atoms. The Kier molecular flexibility index (Phi) is 3.90. The Labute approximate surface area is 138 Å². The third kappa shape index (κ3) is 3.30. The Morgan fingerprint density at radius 2 is 2.26 bits per heavy atom. The highest BCUT2D eigenvalue weighted by Crippen LogP contribution is 2.41. The first-order valence-electron chi connectivity index (χ1n) is 8.14. The van der Waals surface area contributed by atoms with E-state index in [9.17, 15) is 4.79 Å². The van der Waals surface area contributed by atoms with Crippen LogP contribution in [0.2, 0.25) is 0 Å². The topological polar surface area (TPSA) is 71.2 Å². The minimum Gasteiger partial charge on any atom is -0.476 e. The van der Waals surface area contributed by atoms with Crippen molar-refractivity contribution >= 4 is 17.3 Å². The minimum absolute atomic E-state index is 0.121. The molecular weight excluding hydrogens is 312 g/mol. The second kappa shape index (κ2) is 6.05. The fourth-order valence-electron chi connectivity index (χ4n) is 3.19. The molecule has 1 saturated carbocycles. The second-order valence-corrected chi connectivity index (χ2v) is 7.36. The van der Waals surface area contributed by atoms with Crippen LogP contribution < -0.4 is 0 Å². The molecule has 1 saturated heterocycles. The lowest BCUT2D eigenvalue weighted by molar-refractivity contribution is 0.0688. The summed E-state index contributed by atoms with van der Waals surface area (Å²) in [5.41, 5.74) is 1.29. The summed E-state index contributed by atoms with van der Waals surface area (Å²) in [5.74, 6) is -0.243. The van der Waals surface area contributed by atoms with Crippen LogP contribution in [0.25, 0.3) is 0 Å². The van der Waals surface area contributed by atoms with Gasteiger partial charge < -0.3 is 5.11 Å². The summed E-state index contributed by atoms with van der Waals surface area (Å²) in [7, 11) is 0. The van der Waals surface area contributed by atoms with E-state index in [1.807, 2.05) is 4.68 Å². The predicted octanol–water partition coefficient (Wildman–Crippen LogP) is 2.75. The van der Waals surface area contributed by atoms with Gasteiger partial charge in [-0.2, -0.15) is 5.10 Å². The summed E-state index contributed by atoms with van der Waals surface area (Å²) in [5, 5.41) is 16.7. The van der Waals surface area contributed by atoms with Gasteiger partial charge in [-0.25, -0.2) is 9.78 Å². The molecule has 7 heteroatoms. The number of thiazole rings is 1. The summed E-state index contributed by atoms with van der Waals surface area (Å²) >= 11 is 1.79. The second-order valence-electron chi connectivity index (χ2n) is 6.47. The molecule has 6 nitrogen and oxygen atoms in total. The molecule has 1 N–H and O–H groups in total. The van der Waals surface area contributed by atoms with Crippen molar-refractivity contribution in [3.8, 4) is 0 Å². The van der Waals surface area contributed by atoms with E-state index in [1.165, 1.54) is 23.5 Å². The summed E-state index contributed by atoms with van der Waals surface area (Å²) in [6.07, 6.45) is 6.52. The fourth-order valence-corrected chi connectivity index (χ4v) is 4.17. The van der Waals surface area contributed by atoms with Gasteiger partial charge >= 0.3 is 5.97 Å². The maximum absolute atomic E-state index is 11.0. The number of carbonyl (C=O) groups is 1. The van der Waals surface area contributed by atoms with Crippen LogP contribution in [0.1, 0.15) is 58.8 Å². The zero-order valence-electron chi connectivity index (χ0n) is 12.9. The van der Waals surface area contributed by atoms with Gasteiger partial charge in [-0.1, -0.05) is 0 Å². The van der Waals surface area contributed by atoms with Gasteiger partial charge in [-0.15, -0.1) is 11.3 Å². The molecule has 0 radical (unpaired) electrons. The average Bonchev–Trinajstić information content (AvgIpc) is 3.09. The SMILES string of the molecule is O=C(O)c1ccn(C2CCCN(Cc3csc(C4CC4)n3)C2)n1. The quantitative estimate of drug-likeness (QED) is 0.911. The molecule has 2 aromatic rings. The maximum atomic E-state index is 11.0. The number of aromatic carboxylic acids is 1. The van der Waals surface area contributed by atoms with Crippen LogP contribution in [0.3, 0.4) is 0 Å². The third-order valence-corrected chi connectivity index (χ3v) is 5.62. The lowest BCUT2D eigenvalue weighted by Crippen LogP contribution is -2.36. The van der Waals surface area contributed by atoms with Gasteiger partial charge in [-0.3, -0.25) is 9.58 Å². The molecule has 2 fully saturated rings. The highest BCUT2D eigenvalue weighted by Gasteiger charge is 2.27. The average molecular weight is 332 g/mol. The van der Waals surface area contributed by atoms with Gasteiger partial charge in [0.1, 0.15) is 0 Å². The molecule has 0 aromatic carbocycles. The molecule has 1 aliphatic carbocycles. The van der Waals surface area contributed by atoms with Crippen molar-refractivity contribution in [2.45, 2.75) is 44.2 Å². The molecule has 1 aliphatic heterocycles. The number of piperidine rings is 1. The summed E-state index contributed by atoms with van der Waals surface area (Å²) in [6.45, 7) is 2.85. The number of nitrogens with zero attached hydrogens (tertiary/aromatic N) is 4. The van der Waals surface area contributed by atoms with Crippen LogP contribution in [0.5, 0.6) is 0 Å². The lowest BCUT2D eigenvalue weighted by Gasteiger charge is -2.32. The van der Waals surface area contributed by atoms with Gasteiger partial charge in [0.25, 0.3) is 0 Å². The molecule has 122 valence electrons. The standard InChI is InChI=1S/C16H20N4O2S/c21-16(22)14-5-7-20(18-14)13-2-1-6-19(9-13)8-12-10-23-15(17-12)11-3-4-11/h5,7,10-11,13H,1-4,6,8-9H2,(H,21,22). The zero-order valence-corrected chi connectivity index (χ0v) is 13.7. The first kappa shape index (κ1) is 14.8. The summed E-state index contributed by atoms with van der Waals surface area (Å²) in [4.78, 5) is 18.1. The number of hydrogen-bond donors (Lipinski definition) is 1. The third-order valence-electron chi connectivity index (χ3n) is 4.56. The smallest absolute Gasteiger partial charge is 0.356 e. The van der Waals surface area contributed by atoms with E-state index in [0.29, 0.717) is 0 Å². The van der Waals surface area contributed by atoms with Crippen LogP contribution in [0.4, 0.5) is 0 Å². The van der Waals surface area contributed by atoms with Crippen molar-refractivity contribution in [3.05, 3.63) is 34.0 Å². The summed E-state index contributed by atoms with van der Waals surface area (Å²) < 4.78 is 1.81. The molecule has 4 rings (SSSR count). The van der Waals surface area contributed by atoms with Crippen molar-refractivity contribution < 1.29 is 9.90 Å². The molecule has 0 amide bonds.